The lowest BCUT2D eigenvalue weighted by molar-refractivity contribution is 0.379. The number of para-hydroxylation sites is 2. The number of hydrogen-bond acceptors (Lipinski definition) is 4. The van der Waals surface area contributed by atoms with Crippen molar-refractivity contribution in [3.05, 3.63) is 24.3 Å². The number of benzene rings is 1. The van der Waals surface area contributed by atoms with E-state index in [0.717, 1.165) is 0 Å². The summed E-state index contributed by atoms with van der Waals surface area (Å²) in [7, 11) is -3.70. The van der Waals surface area contributed by atoms with Crippen molar-refractivity contribution < 1.29 is 13.2 Å². The van der Waals surface area contributed by atoms with Gasteiger partial charge >= 0.3 is 0 Å². The molecule has 0 amide bonds. The average Bonchev–Trinajstić information content (AvgIpc) is 2.23. The van der Waals surface area contributed by atoms with Crippen molar-refractivity contribution in [2.45, 2.75) is 26.3 Å². The number of thiocarbonyl (C=S) groups is 1. The highest BCUT2D eigenvalue weighted by Crippen LogP contribution is 2.24. The van der Waals surface area contributed by atoms with Crippen LogP contribution in [0.2, 0.25) is 0 Å². The number of nitrogens with two attached hydrogens (primary N) is 1. The van der Waals surface area contributed by atoms with E-state index in [1.54, 1.807) is 45.0 Å². The second kappa shape index (κ2) is 6.38. The van der Waals surface area contributed by atoms with Crippen molar-refractivity contribution in [1.29, 1.82) is 0 Å². The fourth-order valence-corrected chi connectivity index (χ4v) is 2.77. The predicted octanol–water partition coefficient (Wildman–Crippen LogP) is 1.40. The minimum absolute atomic E-state index is 0.0424. The first kappa shape index (κ1) is 16.7. The smallest absolute Gasteiger partial charge is 0.299 e. The summed E-state index contributed by atoms with van der Waals surface area (Å²) in [5, 5.41) is 0. The molecule has 1 rings (SSSR count). The van der Waals surface area contributed by atoms with Crippen LogP contribution in [0.3, 0.4) is 0 Å². The van der Waals surface area contributed by atoms with Gasteiger partial charge in [-0.15, -0.1) is 0 Å². The van der Waals surface area contributed by atoms with Gasteiger partial charge < -0.3 is 10.5 Å². The Morgan fingerprint density at radius 2 is 1.95 bits per heavy atom. The van der Waals surface area contributed by atoms with Gasteiger partial charge in [0.15, 0.2) is 0 Å². The van der Waals surface area contributed by atoms with Crippen LogP contribution in [0.25, 0.3) is 0 Å². The Balaban J connectivity index is 2.89. The quantitative estimate of drug-likeness (QED) is 0.690. The van der Waals surface area contributed by atoms with Gasteiger partial charge in [0.1, 0.15) is 17.3 Å². The van der Waals surface area contributed by atoms with E-state index in [0.29, 0.717) is 11.4 Å². The SMILES string of the molecule is CC(C)(C)NS(=O)(=O)Nc1ccccc1OCC(N)=S. The maximum absolute atomic E-state index is 12.0. The van der Waals surface area contributed by atoms with Crippen LogP contribution in [-0.4, -0.2) is 25.6 Å². The summed E-state index contributed by atoms with van der Waals surface area (Å²) in [5.41, 5.74) is 5.09. The van der Waals surface area contributed by atoms with Gasteiger partial charge in [0, 0.05) is 5.54 Å². The summed E-state index contributed by atoms with van der Waals surface area (Å²) in [5.74, 6) is 0.361. The molecule has 1 aromatic rings. The molecular formula is C12H19N3O3S2. The van der Waals surface area contributed by atoms with Gasteiger partial charge in [0.05, 0.1) is 5.69 Å². The molecule has 0 heterocycles. The molecule has 0 radical (unpaired) electrons. The third kappa shape index (κ3) is 6.18. The Kier molecular flexibility index (Phi) is 5.32. The summed E-state index contributed by atoms with van der Waals surface area (Å²) in [6, 6.07) is 6.65. The number of rotatable bonds is 6. The van der Waals surface area contributed by atoms with Crippen molar-refractivity contribution >= 4 is 33.1 Å². The minimum atomic E-state index is -3.70. The molecular weight excluding hydrogens is 298 g/mol. The highest BCUT2D eigenvalue weighted by molar-refractivity contribution is 7.90. The Morgan fingerprint density at radius 1 is 1.35 bits per heavy atom. The molecule has 0 unspecified atom stereocenters. The van der Waals surface area contributed by atoms with Crippen LogP contribution in [0, 0.1) is 0 Å². The minimum Gasteiger partial charge on any atom is -0.484 e. The van der Waals surface area contributed by atoms with E-state index in [4.69, 9.17) is 22.7 Å². The van der Waals surface area contributed by atoms with Gasteiger partial charge in [-0.25, -0.2) is 0 Å². The molecule has 0 saturated carbocycles. The number of hydrogen-bond donors (Lipinski definition) is 3. The molecule has 112 valence electrons. The van der Waals surface area contributed by atoms with E-state index < -0.39 is 15.7 Å². The summed E-state index contributed by atoms with van der Waals surface area (Å²) < 4.78 is 34.2. The van der Waals surface area contributed by atoms with E-state index >= 15 is 0 Å². The highest BCUT2D eigenvalue weighted by atomic mass is 32.2. The predicted molar refractivity (Wildman–Crippen MR) is 84.2 cm³/mol. The molecule has 20 heavy (non-hydrogen) atoms. The lowest BCUT2D eigenvalue weighted by Gasteiger charge is -2.21. The van der Waals surface area contributed by atoms with Crippen LogP contribution >= 0.6 is 12.2 Å². The first-order valence-corrected chi connectivity index (χ1v) is 7.80. The zero-order valence-electron chi connectivity index (χ0n) is 11.6. The zero-order chi connectivity index (χ0) is 15.4. The van der Waals surface area contributed by atoms with E-state index in [9.17, 15) is 8.42 Å². The maximum atomic E-state index is 12.0. The zero-order valence-corrected chi connectivity index (χ0v) is 13.3. The Morgan fingerprint density at radius 3 is 2.50 bits per heavy atom. The van der Waals surface area contributed by atoms with E-state index in [1.165, 1.54) is 0 Å². The molecule has 4 N–H and O–H groups in total. The van der Waals surface area contributed by atoms with E-state index in [-0.39, 0.29) is 11.6 Å². The molecule has 6 nitrogen and oxygen atoms in total. The monoisotopic (exact) mass is 317 g/mol. The van der Waals surface area contributed by atoms with Gasteiger partial charge in [-0.1, -0.05) is 24.4 Å². The number of ether oxygens (including phenoxy) is 1. The Hall–Kier alpha value is -1.38. The van der Waals surface area contributed by atoms with Crippen molar-refractivity contribution in [3.8, 4) is 5.75 Å². The summed E-state index contributed by atoms with van der Waals surface area (Å²) >= 11 is 4.72. The molecule has 0 bridgehead atoms. The van der Waals surface area contributed by atoms with Crippen molar-refractivity contribution in [2.24, 2.45) is 5.73 Å². The normalized spacial score (nSPS) is 11.9. The van der Waals surface area contributed by atoms with Gasteiger partial charge in [-0.05, 0) is 32.9 Å². The highest BCUT2D eigenvalue weighted by Gasteiger charge is 2.20. The third-order valence-electron chi connectivity index (χ3n) is 1.94. The van der Waals surface area contributed by atoms with Crippen molar-refractivity contribution in [2.75, 3.05) is 11.3 Å². The van der Waals surface area contributed by atoms with Gasteiger partial charge in [-0.2, -0.15) is 13.1 Å². The van der Waals surface area contributed by atoms with Crippen LogP contribution in [0.1, 0.15) is 20.8 Å². The van der Waals surface area contributed by atoms with E-state index in [2.05, 4.69) is 9.44 Å². The van der Waals surface area contributed by atoms with Crippen LogP contribution in [0.15, 0.2) is 24.3 Å². The molecule has 0 aliphatic carbocycles. The fourth-order valence-electron chi connectivity index (χ4n) is 1.40. The lowest BCUT2D eigenvalue weighted by atomic mass is 10.1. The van der Waals surface area contributed by atoms with Gasteiger partial charge in [0.2, 0.25) is 0 Å². The van der Waals surface area contributed by atoms with Crippen molar-refractivity contribution in [3.63, 3.8) is 0 Å². The van der Waals surface area contributed by atoms with Crippen LogP contribution < -0.4 is 19.9 Å². The van der Waals surface area contributed by atoms with Crippen LogP contribution in [-0.2, 0) is 10.2 Å². The fraction of sp³-hybridized carbons (Fsp3) is 0.417. The standard InChI is InChI=1S/C12H19N3O3S2/c1-12(2,3)15-20(16,17)14-9-6-4-5-7-10(9)18-8-11(13)19/h4-7,14-15H,8H2,1-3H3,(H2,13,19). The first-order valence-electron chi connectivity index (χ1n) is 5.91. The molecule has 0 aliphatic rings. The Labute approximate surface area is 124 Å². The molecule has 0 aromatic heterocycles. The van der Waals surface area contributed by atoms with Crippen molar-refractivity contribution in [1.82, 2.24) is 4.72 Å². The first-order chi connectivity index (χ1) is 9.09. The van der Waals surface area contributed by atoms with Gasteiger partial charge in [0.25, 0.3) is 10.2 Å². The molecule has 0 saturated heterocycles. The lowest BCUT2D eigenvalue weighted by Crippen LogP contribution is -2.43. The number of nitrogens with one attached hydrogen (secondary N) is 2. The second-order valence-corrected chi connectivity index (χ2v) is 7.15. The molecule has 1 aromatic carbocycles. The summed E-state index contributed by atoms with van der Waals surface area (Å²) in [4.78, 5) is 0.190. The molecule has 8 heteroatoms. The summed E-state index contributed by atoms with van der Waals surface area (Å²) in [6.45, 7) is 5.30. The molecule has 0 atom stereocenters. The molecule has 0 spiro atoms. The van der Waals surface area contributed by atoms with Crippen LogP contribution in [0.4, 0.5) is 5.69 Å². The third-order valence-corrected chi connectivity index (χ3v) is 3.43. The average molecular weight is 317 g/mol. The molecule has 0 aliphatic heterocycles. The second-order valence-electron chi connectivity index (χ2n) is 5.21. The molecule has 0 fully saturated rings. The topological polar surface area (TPSA) is 93.5 Å². The Bertz CT molecular complexity index is 580. The largest absolute Gasteiger partial charge is 0.484 e. The maximum Gasteiger partial charge on any atom is 0.299 e. The number of anilines is 1. The summed E-state index contributed by atoms with van der Waals surface area (Å²) in [6.07, 6.45) is 0. The van der Waals surface area contributed by atoms with Crippen LogP contribution in [0.5, 0.6) is 5.75 Å². The van der Waals surface area contributed by atoms with E-state index in [1.807, 2.05) is 0 Å². The van der Waals surface area contributed by atoms with Gasteiger partial charge in [-0.3, -0.25) is 4.72 Å².